The minimum absolute atomic E-state index is 0.582. The van der Waals surface area contributed by atoms with Gasteiger partial charge >= 0.3 is 0 Å². The van der Waals surface area contributed by atoms with Crippen LogP contribution in [0.5, 0.6) is 5.75 Å². The van der Waals surface area contributed by atoms with Crippen molar-refractivity contribution in [3.63, 3.8) is 0 Å². The molecular weight excluding hydrogens is 292 g/mol. The summed E-state index contributed by atoms with van der Waals surface area (Å²) in [4.78, 5) is 2.47. The lowest BCUT2D eigenvalue weighted by Gasteiger charge is -2.22. The summed E-state index contributed by atoms with van der Waals surface area (Å²) < 4.78 is 6.84. The zero-order chi connectivity index (χ0) is 12.8. The molecule has 1 aromatic carbocycles. The van der Waals surface area contributed by atoms with E-state index >= 15 is 0 Å². The Morgan fingerprint density at radius 2 is 2.39 bits per heavy atom. The average Bonchev–Trinajstić information content (AvgIpc) is 2.54. The number of hydrogen-bond acceptors (Lipinski definition) is 3. The first-order valence-corrected chi connectivity index (χ1v) is 7.37. The van der Waals surface area contributed by atoms with E-state index in [-0.39, 0.29) is 0 Å². The highest BCUT2D eigenvalue weighted by Crippen LogP contribution is 2.17. The molecular formula is C14H21BrN2O. The number of ether oxygens (including phenoxy) is 1. The number of hydrogen-bond donors (Lipinski definition) is 1. The SMILES string of the molecule is CC1CN(CCOc2cccc(Br)c2)CCCN1. The van der Waals surface area contributed by atoms with Crippen LogP contribution in [0.15, 0.2) is 28.7 Å². The molecule has 4 heteroatoms. The van der Waals surface area contributed by atoms with Gasteiger partial charge < -0.3 is 10.1 Å². The van der Waals surface area contributed by atoms with Gasteiger partial charge in [0.25, 0.3) is 0 Å². The number of rotatable bonds is 4. The smallest absolute Gasteiger partial charge is 0.120 e. The second-order valence-corrected chi connectivity index (χ2v) is 5.73. The highest BCUT2D eigenvalue weighted by atomic mass is 79.9. The van der Waals surface area contributed by atoms with Gasteiger partial charge in [0.05, 0.1) is 0 Å². The van der Waals surface area contributed by atoms with Crippen LogP contribution in [0.25, 0.3) is 0 Å². The molecule has 0 radical (unpaired) electrons. The third-order valence-corrected chi connectivity index (χ3v) is 3.64. The Hall–Kier alpha value is -0.580. The van der Waals surface area contributed by atoms with Gasteiger partial charge in [-0.15, -0.1) is 0 Å². The van der Waals surface area contributed by atoms with Crippen LogP contribution in [0.1, 0.15) is 13.3 Å². The average molecular weight is 313 g/mol. The Kier molecular flexibility index (Phi) is 5.47. The molecule has 1 unspecified atom stereocenters. The highest BCUT2D eigenvalue weighted by Gasteiger charge is 2.13. The molecule has 1 aliphatic heterocycles. The number of benzene rings is 1. The first-order valence-electron chi connectivity index (χ1n) is 6.58. The summed E-state index contributed by atoms with van der Waals surface area (Å²) in [6, 6.07) is 8.59. The van der Waals surface area contributed by atoms with E-state index in [1.807, 2.05) is 24.3 Å². The first kappa shape index (κ1) is 13.8. The van der Waals surface area contributed by atoms with Crippen LogP contribution in [0, 0.1) is 0 Å². The molecule has 1 aliphatic rings. The maximum absolute atomic E-state index is 5.77. The maximum Gasteiger partial charge on any atom is 0.120 e. The number of nitrogens with zero attached hydrogens (tertiary/aromatic N) is 1. The standard InChI is InChI=1S/C14H21BrN2O/c1-12-11-17(7-3-6-16-12)8-9-18-14-5-2-4-13(15)10-14/h2,4-5,10,12,16H,3,6-9,11H2,1H3. The summed E-state index contributed by atoms with van der Waals surface area (Å²) in [5.74, 6) is 0.936. The van der Waals surface area contributed by atoms with Crippen molar-refractivity contribution in [1.29, 1.82) is 0 Å². The van der Waals surface area contributed by atoms with Crippen molar-refractivity contribution in [2.75, 3.05) is 32.8 Å². The quantitative estimate of drug-likeness (QED) is 0.924. The third-order valence-electron chi connectivity index (χ3n) is 3.15. The van der Waals surface area contributed by atoms with Gasteiger partial charge in [-0.1, -0.05) is 22.0 Å². The zero-order valence-electron chi connectivity index (χ0n) is 10.9. The van der Waals surface area contributed by atoms with Gasteiger partial charge in [-0.3, -0.25) is 4.90 Å². The molecule has 1 aromatic rings. The molecule has 2 rings (SSSR count). The molecule has 1 saturated heterocycles. The van der Waals surface area contributed by atoms with Crippen molar-refractivity contribution in [2.24, 2.45) is 0 Å². The summed E-state index contributed by atoms with van der Waals surface area (Å²) in [5, 5.41) is 3.50. The van der Waals surface area contributed by atoms with Crippen molar-refractivity contribution in [1.82, 2.24) is 10.2 Å². The zero-order valence-corrected chi connectivity index (χ0v) is 12.4. The van der Waals surface area contributed by atoms with E-state index in [2.05, 4.69) is 33.1 Å². The van der Waals surface area contributed by atoms with Crippen LogP contribution in [0.4, 0.5) is 0 Å². The fourth-order valence-electron chi connectivity index (χ4n) is 2.25. The summed E-state index contributed by atoms with van der Waals surface area (Å²) >= 11 is 3.45. The van der Waals surface area contributed by atoms with E-state index in [9.17, 15) is 0 Å². The lowest BCUT2D eigenvalue weighted by Crippen LogP contribution is -2.37. The molecule has 1 atom stereocenters. The van der Waals surface area contributed by atoms with E-state index in [0.29, 0.717) is 6.04 Å². The predicted octanol–water partition coefficient (Wildman–Crippen LogP) is 2.51. The number of nitrogens with one attached hydrogen (secondary N) is 1. The maximum atomic E-state index is 5.77. The van der Waals surface area contributed by atoms with Crippen LogP contribution in [0.3, 0.4) is 0 Å². The second-order valence-electron chi connectivity index (χ2n) is 4.82. The fraction of sp³-hybridized carbons (Fsp3) is 0.571. The summed E-state index contributed by atoms with van der Waals surface area (Å²) in [7, 11) is 0. The predicted molar refractivity (Wildman–Crippen MR) is 78.2 cm³/mol. The lowest BCUT2D eigenvalue weighted by atomic mass is 10.3. The van der Waals surface area contributed by atoms with Crippen LogP contribution in [0.2, 0.25) is 0 Å². The van der Waals surface area contributed by atoms with Crippen molar-refractivity contribution in [3.8, 4) is 5.75 Å². The second kappa shape index (κ2) is 7.12. The molecule has 0 saturated carbocycles. The molecule has 3 nitrogen and oxygen atoms in total. The lowest BCUT2D eigenvalue weighted by molar-refractivity contribution is 0.208. The van der Waals surface area contributed by atoms with Gasteiger partial charge in [0.1, 0.15) is 12.4 Å². The van der Waals surface area contributed by atoms with Crippen LogP contribution in [-0.2, 0) is 0 Å². The van der Waals surface area contributed by atoms with Crippen LogP contribution in [-0.4, -0.2) is 43.7 Å². The normalized spacial score (nSPS) is 21.6. The van der Waals surface area contributed by atoms with E-state index in [4.69, 9.17) is 4.74 Å². The van der Waals surface area contributed by atoms with Gasteiger partial charge in [0.15, 0.2) is 0 Å². The molecule has 0 aromatic heterocycles. The third kappa shape index (κ3) is 4.59. The minimum Gasteiger partial charge on any atom is -0.492 e. The van der Waals surface area contributed by atoms with Gasteiger partial charge in [0, 0.05) is 23.6 Å². The first-order chi connectivity index (χ1) is 8.74. The fourth-order valence-corrected chi connectivity index (χ4v) is 2.62. The molecule has 100 valence electrons. The van der Waals surface area contributed by atoms with Crippen molar-refractivity contribution in [2.45, 2.75) is 19.4 Å². The van der Waals surface area contributed by atoms with Crippen LogP contribution < -0.4 is 10.1 Å². The van der Waals surface area contributed by atoms with E-state index in [1.165, 1.54) is 13.0 Å². The Labute approximate surface area is 118 Å². The van der Waals surface area contributed by atoms with Gasteiger partial charge in [-0.05, 0) is 44.6 Å². The summed E-state index contributed by atoms with van der Waals surface area (Å²) in [5.41, 5.74) is 0. The van der Waals surface area contributed by atoms with E-state index < -0.39 is 0 Å². The minimum atomic E-state index is 0.582. The van der Waals surface area contributed by atoms with Crippen LogP contribution >= 0.6 is 15.9 Å². The molecule has 1 fully saturated rings. The Bertz CT molecular complexity index is 373. The topological polar surface area (TPSA) is 24.5 Å². The molecule has 1 N–H and O–H groups in total. The molecule has 0 aliphatic carbocycles. The summed E-state index contributed by atoms with van der Waals surface area (Å²) in [6.45, 7) is 7.40. The van der Waals surface area contributed by atoms with Crippen molar-refractivity contribution < 1.29 is 4.74 Å². The largest absolute Gasteiger partial charge is 0.492 e. The Morgan fingerprint density at radius 1 is 1.50 bits per heavy atom. The molecule has 18 heavy (non-hydrogen) atoms. The molecule has 1 heterocycles. The van der Waals surface area contributed by atoms with Crippen molar-refractivity contribution >= 4 is 15.9 Å². The molecule has 0 bridgehead atoms. The van der Waals surface area contributed by atoms with E-state index in [0.717, 1.165) is 36.5 Å². The summed E-state index contributed by atoms with van der Waals surface area (Å²) in [6.07, 6.45) is 1.22. The van der Waals surface area contributed by atoms with Gasteiger partial charge in [-0.2, -0.15) is 0 Å². The van der Waals surface area contributed by atoms with E-state index in [1.54, 1.807) is 0 Å². The monoisotopic (exact) mass is 312 g/mol. The molecule has 0 amide bonds. The van der Waals surface area contributed by atoms with Gasteiger partial charge in [-0.25, -0.2) is 0 Å². The highest BCUT2D eigenvalue weighted by molar-refractivity contribution is 9.10. The number of halogens is 1. The van der Waals surface area contributed by atoms with Gasteiger partial charge in [0.2, 0.25) is 0 Å². The molecule has 0 spiro atoms. The van der Waals surface area contributed by atoms with Crippen molar-refractivity contribution in [3.05, 3.63) is 28.7 Å². The Balaban J connectivity index is 1.74. The Morgan fingerprint density at radius 3 is 3.22 bits per heavy atom.